The number of benzene rings is 1. The highest BCUT2D eigenvalue weighted by Gasteiger charge is 2.01. The summed E-state index contributed by atoms with van der Waals surface area (Å²) in [6.45, 7) is 0.221. The molecule has 1 rings (SSSR count). The second-order valence-electron chi connectivity index (χ2n) is 3.05. The summed E-state index contributed by atoms with van der Waals surface area (Å²) in [6, 6.07) is 6.34. The summed E-state index contributed by atoms with van der Waals surface area (Å²) in [5, 5.41) is 0. The van der Waals surface area contributed by atoms with E-state index in [1.807, 2.05) is 5.43 Å². The predicted octanol–water partition coefficient (Wildman–Crippen LogP) is -0.456. The monoisotopic (exact) mass is 223 g/mol. The molecule has 86 valence electrons. The fourth-order valence-corrected chi connectivity index (χ4v) is 1.05. The zero-order valence-corrected chi connectivity index (χ0v) is 8.60. The summed E-state index contributed by atoms with van der Waals surface area (Å²) < 4.78 is 5.24. The van der Waals surface area contributed by atoms with Crippen LogP contribution in [0.2, 0.25) is 0 Å². The van der Waals surface area contributed by atoms with Gasteiger partial charge in [0.15, 0.2) is 0 Å². The Morgan fingerprint density at radius 1 is 1.25 bits per heavy atom. The van der Waals surface area contributed by atoms with Gasteiger partial charge in [0.25, 0.3) is 0 Å². The average molecular weight is 223 g/mol. The molecular weight excluding hydrogens is 210 g/mol. The van der Waals surface area contributed by atoms with Crippen LogP contribution in [0.5, 0.6) is 5.75 Å². The Bertz CT molecular complexity index is 375. The largest absolute Gasteiger partial charge is 0.493 e. The number of hydrogen-bond donors (Lipinski definition) is 3. The van der Waals surface area contributed by atoms with E-state index in [4.69, 9.17) is 16.3 Å². The smallest absolute Gasteiger partial charge is 0.248 e. The SMILES string of the molecule is NNC(=O)CCOc1ccc(C(N)=O)cc1. The highest BCUT2D eigenvalue weighted by molar-refractivity contribution is 5.92. The molecule has 0 bridgehead atoms. The normalized spacial score (nSPS) is 9.56. The van der Waals surface area contributed by atoms with Crippen LogP contribution in [-0.2, 0) is 4.79 Å². The zero-order valence-electron chi connectivity index (χ0n) is 8.60. The number of rotatable bonds is 5. The molecule has 6 nitrogen and oxygen atoms in total. The van der Waals surface area contributed by atoms with E-state index in [0.29, 0.717) is 11.3 Å². The van der Waals surface area contributed by atoms with Crippen molar-refractivity contribution in [1.29, 1.82) is 0 Å². The molecule has 1 aromatic rings. The van der Waals surface area contributed by atoms with Gasteiger partial charge < -0.3 is 10.5 Å². The molecule has 0 heterocycles. The molecule has 0 saturated heterocycles. The van der Waals surface area contributed by atoms with E-state index in [1.54, 1.807) is 24.3 Å². The first kappa shape index (κ1) is 12.0. The van der Waals surface area contributed by atoms with Gasteiger partial charge in [0.05, 0.1) is 13.0 Å². The summed E-state index contributed by atoms with van der Waals surface area (Å²) in [4.78, 5) is 21.5. The molecule has 0 aliphatic carbocycles. The van der Waals surface area contributed by atoms with Crippen LogP contribution >= 0.6 is 0 Å². The molecule has 5 N–H and O–H groups in total. The van der Waals surface area contributed by atoms with E-state index in [2.05, 4.69) is 0 Å². The molecule has 0 fully saturated rings. The lowest BCUT2D eigenvalue weighted by molar-refractivity contribution is -0.121. The third kappa shape index (κ3) is 3.58. The van der Waals surface area contributed by atoms with Crippen LogP contribution in [0.4, 0.5) is 0 Å². The van der Waals surface area contributed by atoms with Crippen molar-refractivity contribution >= 4 is 11.8 Å². The maximum Gasteiger partial charge on any atom is 0.248 e. The summed E-state index contributed by atoms with van der Waals surface area (Å²) in [5.74, 6) is 4.67. The molecule has 0 aliphatic rings. The molecular formula is C10H13N3O3. The van der Waals surface area contributed by atoms with Crippen LogP contribution in [0.25, 0.3) is 0 Å². The van der Waals surface area contributed by atoms with Gasteiger partial charge in [0, 0.05) is 5.56 Å². The molecule has 0 spiro atoms. The third-order valence-corrected chi connectivity index (χ3v) is 1.90. The van der Waals surface area contributed by atoms with E-state index >= 15 is 0 Å². The minimum Gasteiger partial charge on any atom is -0.493 e. The molecule has 2 amide bonds. The summed E-state index contributed by atoms with van der Waals surface area (Å²) in [6.07, 6.45) is 0.175. The standard InChI is InChI=1S/C10H13N3O3/c11-10(15)7-1-3-8(4-2-7)16-6-5-9(14)13-12/h1-4H,5-6,12H2,(H2,11,15)(H,13,14). The van der Waals surface area contributed by atoms with Crippen LogP contribution in [0, 0.1) is 0 Å². The highest BCUT2D eigenvalue weighted by Crippen LogP contribution is 2.11. The molecule has 0 aromatic heterocycles. The molecule has 6 heteroatoms. The van der Waals surface area contributed by atoms with Gasteiger partial charge >= 0.3 is 0 Å². The molecule has 1 aromatic carbocycles. The second-order valence-corrected chi connectivity index (χ2v) is 3.05. The Morgan fingerprint density at radius 2 is 1.88 bits per heavy atom. The van der Waals surface area contributed by atoms with E-state index in [0.717, 1.165) is 0 Å². The van der Waals surface area contributed by atoms with Crippen molar-refractivity contribution in [2.45, 2.75) is 6.42 Å². The van der Waals surface area contributed by atoms with Crippen molar-refractivity contribution in [3.63, 3.8) is 0 Å². The lowest BCUT2D eigenvalue weighted by Gasteiger charge is -2.05. The van der Waals surface area contributed by atoms with Gasteiger partial charge in [0.2, 0.25) is 11.8 Å². The van der Waals surface area contributed by atoms with Gasteiger partial charge in [-0.3, -0.25) is 15.0 Å². The molecule has 0 aliphatic heterocycles. The van der Waals surface area contributed by atoms with Gasteiger partial charge in [0.1, 0.15) is 5.75 Å². The number of primary amides is 1. The Morgan fingerprint density at radius 3 is 2.38 bits per heavy atom. The first-order valence-electron chi connectivity index (χ1n) is 4.65. The van der Waals surface area contributed by atoms with Crippen LogP contribution in [0.3, 0.4) is 0 Å². The minimum atomic E-state index is -0.492. The lowest BCUT2D eigenvalue weighted by Crippen LogP contribution is -2.31. The summed E-state index contributed by atoms with van der Waals surface area (Å²) in [7, 11) is 0. The Labute approximate surface area is 92.5 Å². The number of ether oxygens (including phenoxy) is 1. The Balaban J connectivity index is 2.43. The van der Waals surface area contributed by atoms with Crippen molar-refractivity contribution < 1.29 is 14.3 Å². The molecule has 16 heavy (non-hydrogen) atoms. The quantitative estimate of drug-likeness (QED) is 0.356. The van der Waals surface area contributed by atoms with E-state index in [1.165, 1.54) is 0 Å². The summed E-state index contributed by atoms with van der Waals surface area (Å²) in [5.41, 5.74) is 7.48. The fraction of sp³-hybridized carbons (Fsp3) is 0.200. The Kier molecular flexibility index (Phi) is 4.28. The van der Waals surface area contributed by atoms with Crippen LogP contribution in [0.1, 0.15) is 16.8 Å². The van der Waals surface area contributed by atoms with Crippen LogP contribution in [0.15, 0.2) is 24.3 Å². The first-order chi connectivity index (χ1) is 7.63. The molecule has 0 saturated carbocycles. The van der Waals surface area contributed by atoms with E-state index < -0.39 is 5.91 Å². The topological polar surface area (TPSA) is 107 Å². The minimum absolute atomic E-state index is 0.175. The predicted molar refractivity (Wildman–Crippen MR) is 57.4 cm³/mol. The van der Waals surface area contributed by atoms with Gasteiger partial charge in [-0.2, -0.15) is 0 Å². The van der Waals surface area contributed by atoms with E-state index in [9.17, 15) is 9.59 Å². The molecule has 0 unspecified atom stereocenters. The van der Waals surface area contributed by atoms with Crippen molar-refractivity contribution in [3.05, 3.63) is 29.8 Å². The molecule has 0 atom stereocenters. The van der Waals surface area contributed by atoms with Crippen molar-refractivity contribution in [2.75, 3.05) is 6.61 Å². The Hall–Kier alpha value is -2.08. The number of carbonyl (C=O) groups is 2. The van der Waals surface area contributed by atoms with Gasteiger partial charge in [-0.25, -0.2) is 5.84 Å². The van der Waals surface area contributed by atoms with Crippen LogP contribution in [-0.4, -0.2) is 18.4 Å². The number of hydrogen-bond acceptors (Lipinski definition) is 4. The van der Waals surface area contributed by atoms with Crippen LogP contribution < -0.4 is 21.7 Å². The van der Waals surface area contributed by atoms with E-state index in [-0.39, 0.29) is 18.9 Å². The second kappa shape index (κ2) is 5.72. The van der Waals surface area contributed by atoms with Crippen molar-refractivity contribution in [1.82, 2.24) is 5.43 Å². The fourth-order valence-electron chi connectivity index (χ4n) is 1.05. The number of amides is 2. The van der Waals surface area contributed by atoms with Crippen molar-refractivity contribution in [2.24, 2.45) is 11.6 Å². The maximum atomic E-state index is 10.8. The zero-order chi connectivity index (χ0) is 12.0. The number of hydrazine groups is 1. The highest BCUT2D eigenvalue weighted by atomic mass is 16.5. The third-order valence-electron chi connectivity index (χ3n) is 1.90. The van der Waals surface area contributed by atoms with Gasteiger partial charge in [-0.1, -0.05) is 0 Å². The first-order valence-corrected chi connectivity index (χ1v) is 4.65. The van der Waals surface area contributed by atoms with Gasteiger partial charge in [-0.05, 0) is 24.3 Å². The molecule has 0 radical (unpaired) electrons. The van der Waals surface area contributed by atoms with Gasteiger partial charge in [-0.15, -0.1) is 0 Å². The lowest BCUT2D eigenvalue weighted by atomic mass is 10.2. The van der Waals surface area contributed by atoms with Crippen molar-refractivity contribution in [3.8, 4) is 5.75 Å². The average Bonchev–Trinajstić information content (AvgIpc) is 2.29. The number of nitrogens with two attached hydrogens (primary N) is 2. The summed E-state index contributed by atoms with van der Waals surface area (Å²) >= 11 is 0. The number of nitrogens with one attached hydrogen (secondary N) is 1. The maximum absolute atomic E-state index is 10.8. The number of carbonyl (C=O) groups excluding carboxylic acids is 2.